The van der Waals surface area contributed by atoms with E-state index in [9.17, 15) is 9.18 Å². The Morgan fingerprint density at radius 3 is 2.56 bits per heavy atom. The topological polar surface area (TPSA) is 54.9 Å². The van der Waals surface area contributed by atoms with Crippen molar-refractivity contribution >= 4 is 17.2 Å². The van der Waals surface area contributed by atoms with E-state index in [1.54, 1.807) is 14.2 Å². The van der Waals surface area contributed by atoms with Gasteiger partial charge < -0.3 is 14.4 Å². The van der Waals surface area contributed by atoms with Crippen LogP contribution in [0.4, 0.5) is 4.39 Å². The lowest BCUT2D eigenvalue weighted by Gasteiger charge is -2.21. The van der Waals surface area contributed by atoms with Gasteiger partial charge in [0.1, 0.15) is 16.5 Å². The molecule has 0 unspecified atom stereocenters. The number of nitrogens with zero attached hydrogens (tertiary/aromatic N) is 3. The summed E-state index contributed by atoms with van der Waals surface area (Å²) in [5, 5.41) is 2.58. The van der Waals surface area contributed by atoms with Gasteiger partial charge in [-0.15, -0.1) is 11.3 Å². The van der Waals surface area contributed by atoms with Crippen molar-refractivity contribution in [3.05, 3.63) is 64.9 Å². The van der Waals surface area contributed by atoms with Gasteiger partial charge in [-0.1, -0.05) is 12.1 Å². The minimum absolute atomic E-state index is 0.0448. The van der Waals surface area contributed by atoms with Gasteiger partial charge in [0.05, 0.1) is 14.2 Å². The summed E-state index contributed by atoms with van der Waals surface area (Å²) in [7, 11) is 3.19. The molecular formula is C24H26FN3O3S. The average Bonchev–Trinajstić information content (AvgIpc) is 3.20. The number of halogens is 1. The molecule has 0 N–H and O–H groups in total. The maximum atomic E-state index is 13.1. The van der Waals surface area contributed by atoms with Gasteiger partial charge in [0.25, 0.3) is 5.91 Å². The van der Waals surface area contributed by atoms with E-state index in [4.69, 9.17) is 9.47 Å². The highest BCUT2D eigenvalue weighted by atomic mass is 32.1. The highest BCUT2D eigenvalue weighted by molar-refractivity contribution is 7.13. The Balaban J connectivity index is 1.40. The van der Waals surface area contributed by atoms with Crippen LogP contribution in [0.15, 0.2) is 47.8 Å². The van der Waals surface area contributed by atoms with E-state index in [0.717, 1.165) is 42.2 Å². The van der Waals surface area contributed by atoms with Crippen LogP contribution in [-0.2, 0) is 6.54 Å². The molecule has 2 heterocycles. The number of hydrogen-bond donors (Lipinski definition) is 0. The van der Waals surface area contributed by atoms with Crippen LogP contribution in [0.2, 0.25) is 0 Å². The van der Waals surface area contributed by atoms with Crippen molar-refractivity contribution in [2.75, 3.05) is 40.4 Å². The summed E-state index contributed by atoms with van der Waals surface area (Å²) in [5.74, 6) is 1.01. The molecule has 168 valence electrons. The molecule has 32 heavy (non-hydrogen) atoms. The number of rotatable bonds is 6. The van der Waals surface area contributed by atoms with E-state index < -0.39 is 0 Å². The maximum Gasteiger partial charge on any atom is 0.273 e. The monoisotopic (exact) mass is 455 g/mol. The number of methoxy groups -OCH3 is 2. The second-order valence-corrected chi connectivity index (χ2v) is 8.51. The van der Waals surface area contributed by atoms with Crippen LogP contribution in [0.25, 0.3) is 10.6 Å². The molecule has 2 aromatic carbocycles. The van der Waals surface area contributed by atoms with Crippen molar-refractivity contribution in [1.82, 2.24) is 14.8 Å². The summed E-state index contributed by atoms with van der Waals surface area (Å²) in [4.78, 5) is 21.9. The van der Waals surface area contributed by atoms with E-state index in [-0.39, 0.29) is 11.7 Å². The van der Waals surface area contributed by atoms with Crippen molar-refractivity contribution < 1.29 is 18.7 Å². The first-order valence-electron chi connectivity index (χ1n) is 10.5. The molecule has 8 heteroatoms. The van der Waals surface area contributed by atoms with Crippen molar-refractivity contribution in [1.29, 1.82) is 0 Å². The molecule has 4 rings (SSSR count). The SMILES string of the molecule is COc1ccc(-c2nc(C(=O)N3CCCN(Cc4ccc(F)cc4)CC3)cs2)cc1OC. The normalized spacial score (nSPS) is 14.8. The molecule has 0 atom stereocenters. The summed E-state index contributed by atoms with van der Waals surface area (Å²) < 4.78 is 23.8. The van der Waals surface area contributed by atoms with Crippen LogP contribution >= 0.6 is 11.3 Å². The van der Waals surface area contributed by atoms with Crippen molar-refractivity contribution in [3.8, 4) is 22.1 Å². The summed E-state index contributed by atoms with van der Waals surface area (Å²) >= 11 is 1.44. The number of amides is 1. The number of carbonyl (C=O) groups is 1. The predicted molar refractivity (Wildman–Crippen MR) is 123 cm³/mol. The van der Waals surface area contributed by atoms with Gasteiger partial charge in [0, 0.05) is 43.7 Å². The molecule has 1 aliphatic rings. The molecule has 3 aromatic rings. The van der Waals surface area contributed by atoms with Crippen LogP contribution in [0, 0.1) is 5.82 Å². The molecule has 1 fully saturated rings. The van der Waals surface area contributed by atoms with Gasteiger partial charge in [-0.2, -0.15) is 0 Å². The van der Waals surface area contributed by atoms with Gasteiger partial charge in [-0.05, 0) is 42.3 Å². The second kappa shape index (κ2) is 10.1. The fourth-order valence-electron chi connectivity index (χ4n) is 3.82. The standard InChI is InChI=1S/C24H26FN3O3S/c1-30-21-9-6-18(14-22(21)31-2)23-26-20(16-32-23)24(29)28-11-3-10-27(12-13-28)15-17-4-7-19(25)8-5-17/h4-9,14,16H,3,10-13,15H2,1-2H3. The van der Waals surface area contributed by atoms with Gasteiger partial charge in [-0.25, -0.2) is 9.37 Å². The lowest BCUT2D eigenvalue weighted by Crippen LogP contribution is -2.35. The molecule has 1 amide bonds. The summed E-state index contributed by atoms with van der Waals surface area (Å²) in [6.07, 6.45) is 0.888. The average molecular weight is 456 g/mol. The molecule has 1 saturated heterocycles. The molecule has 0 radical (unpaired) electrons. The van der Waals surface area contributed by atoms with Gasteiger partial charge in [-0.3, -0.25) is 9.69 Å². The van der Waals surface area contributed by atoms with Crippen molar-refractivity contribution in [3.63, 3.8) is 0 Å². The minimum Gasteiger partial charge on any atom is -0.493 e. The maximum absolute atomic E-state index is 13.1. The van der Waals surface area contributed by atoms with Crippen molar-refractivity contribution in [2.24, 2.45) is 0 Å². The zero-order valence-electron chi connectivity index (χ0n) is 18.2. The van der Waals surface area contributed by atoms with Crippen LogP contribution in [0.3, 0.4) is 0 Å². The highest BCUT2D eigenvalue weighted by Gasteiger charge is 2.23. The summed E-state index contributed by atoms with van der Waals surface area (Å²) in [5.41, 5.74) is 2.42. The zero-order chi connectivity index (χ0) is 22.5. The van der Waals surface area contributed by atoms with E-state index in [1.807, 2.05) is 40.6 Å². The number of aromatic nitrogens is 1. The van der Waals surface area contributed by atoms with E-state index >= 15 is 0 Å². The molecule has 0 spiro atoms. The fourth-order valence-corrected chi connectivity index (χ4v) is 4.61. The van der Waals surface area contributed by atoms with Gasteiger partial charge in [0.2, 0.25) is 0 Å². The quantitative estimate of drug-likeness (QED) is 0.554. The van der Waals surface area contributed by atoms with Crippen molar-refractivity contribution in [2.45, 2.75) is 13.0 Å². The molecule has 0 saturated carbocycles. The number of carbonyl (C=O) groups excluding carboxylic acids is 1. The summed E-state index contributed by atoms with van der Waals surface area (Å²) in [6, 6.07) is 12.2. The first-order chi connectivity index (χ1) is 15.6. The first kappa shape index (κ1) is 22.2. The molecule has 1 aliphatic heterocycles. The number of benzene rings is 2. The van der Waals surface area contributed by atoms with E-state index in [0.29, 0.717) is 30.3 Å². The third-order valence-electron chi connectivity index (χ3n) is 5.55. The highest BCUT2D eigenvalue weighted by Crippen LogP contribution is 2.33. The first-order valence-corrected chi connectivity index (χ1v) is 11.4. The van der Waals surface area contributed by atoms with Gasteiger partial charge in [0.15, 0.2) is 11.5 Å². The molecular weight excluding hydrogens is 429 g/mol. The Kier molecular flexibility index (Phi) is 7.02. The Morgan fingerprint density at radius 2 is 1.81 bits per heavy atom. The fraction of sp³-hybridized carbons (Fsp3) is 0.333. The van der Waals surface area contributed by atoms with Crippen LogP contribution in [-0.4, -0.2) is 61.1 Å². The third-order valence-corrected chi connectivity index (χ3v) is 6.44. The smallest absolute Gasteiger partial charge is 0.273 e. The predicted octanol–water partition coefficient (Wildman–Crippen LogP) is 4.31. The molecule has 0 bridgehead atoms. The summed E-state index contributed by atoms with van der Waals surface area (Å²) in [6.45, 7) is 3.76. The second-order valence-electron chi connectivity index (χ2n) is 7.66. The largest absolute Gasteiger partial charge is 0.493 e. The lowest BCUT2D eigenvalue weighted by atomic mass is 10.2. The van der Waals surface area contributed by atoms with E-state index in [1.165, 1.54) is 23.5 Å². The molecule has 6 nitrogen and oxygen atoms in total. The number of hydrogen-bond acceptors (Lipinski definition) is 6. The Morgan fingerprint density at radius 1 is 1.03 bits per heavy atom. The lowest BCUT2D eigenvalue weighted by molar-refractivity contribution is 0.0756. The molecule has 0 aliphatic carbocycles. The van der Waals surface area contributed by atoms with E-state index in [2.05, 4.69) is 9.88 Å². The van der Waals surface area contributed by atoms with Crippen LogP contribution in [0.5, 0.6) is 11.5 Å². The van der Waals surface area contributed by atoms with Crippen LogP contribution < -0.4 is 9.47 Å². The minimum atomic E-state index is -0.225. The third kappa shape index (κ3) is 5.08. The molecule has 1 aromatic heterocycles. The number of thiazole rings is 1. The number of ether oxygens (including phenoxy) is 2. The zero-order valence-corrected chi connectivity index (χ0v) is 19.0. The Hall–Kier alpha value is -2.97. The Labute approximate surface area is 191 Å². The van der Waals surface area contributed by atoms with Gasteiger partial charge >= 0.3 is 0 Å². The van der Waals surface area contributed by atoms with Crippen LogP contribution in [0.1, 0.15) is 22.5 Å². The Bertz CT molecular complexity index is 1070.